The molecule has 4 aliphatic rings. The third-order valence-corrected chi connectivity index (χ3v) is 8.62. The van der Waals surface area contributed by atoms with Gasteiger partial charge in [-0.15, -0.1) is 0 Å². The van der Waals surface area contributed by atoms with E-state index < -0.39 is 40.2 Å². The largest absolute Gasteiger partial charge is 0.475 e. The molecule has 0 aromatic heterocycles. The van der Waals surface area contributed by atoms with Gasteiger partial charge in [0.25, 0.3) is 5.78 Å². The van der Waals surface area contributed by atoms with Crippen LogP contribution in [-0.4, -0.2) is 44.6 Å². The van der Waals surface area contributed by atoms with Gasteiger partial charge in [0, 0.05) is 16.7 Å². The van der Waals surface area contributed by atoms with E-state index in [2.05, 4.69) is 6.92 Å². The van der Waals surface area contributed by atoms with Gasteiger partial charge >= 0.3 is 5.97 Å². The van der Waals surface area contributed by atoms with Crippen LogP contribution < -0.4 is 0 Å². The molecule has 3 N–H and O–H groups in total. The molecule has 4 aliphatic carbocycles. The van der Waals surface area contributed by atoms with Gasteiger partial charge < -0.3 is 15.3 Å². The Bertz CT molecular complexity index is 827. The molecule has 4 rings (SSSR count). The number of ketones is 2. The first-order valence-corrected chi connectivity index (χ1v) is 10.1. The molecule has 3 saturated carbocycles. The molecule has 0 bridgehead atoms. The number of carbonyl (C=O) groups excluding carboxylic acids is 2. The normalized spacial score (nSPS) is 49.7. The Morgan fingerprint density at radius 1 is 1.25 bits per heavy atom. The van der Waals surface area contributed by atoms with Crippen molar-refractivity contribution >= 4 is 17.5 Å². The fourth-order valence-electron chi connectivity index (χ4n) is 7.31. The molecule has 0 spiro atoms. The predicted molar refractivity (Wildman–Crippen MR) is 100 cm³/mol. The second-order valence-corrected chi connectivity index (χ2v) is 9.75. The van der Waals surface area contributed by atoms with Crippen LogP contribution in [0.3, 0.4) is 0 Å². The highest BCUT2D eigenvalue weighted by molar-refractivity contribution is 6.36. The van der Waals surface area contributed by atoms with Crippen LogP contribution in [0.2, 0.25) is 0 Å². The molecule has 6 nitrogen and oxygen atoms in total. The lowest BCUT2D eigenvalue weighted by molar-refractivity contribution is -0.187. The van der Waals surface area contributed by atoms with Crippen molar-refractivity contribution in [3.05, 3.63) is 23.8 Å². The number of aliphatic carboxylic acids is 1. The Hall–Kier alpha value is -1.79. The lowest BCUT2D eigenvalue weighted by Gasteiger charge is -2.59. The topological polar surface area (TPSA) is 112 Å². The van der Waals surface area contributed by atoms with Gasteiger partial charge in [0.1, 0.15) is 5.60 Å². The Balaban J connectivity index is 1.78. The number of allylic oxidation sites excluding steroid dienone is 4. The molecule has 8 atom stereocenters. The van der Waals surface area contributed by atoms with E-state index >= 15 is 0 Å². The lowest BCUT2D eigenvalue weighted by atomic mass is 9.46. The highest BCUT2D eigenvalue weighted by Gasteiger charge is 2.71. The molecule has 3 fully saturated rings. The molecular weight excluding hydrogens is 360 g/mol. The first-order valence-electron chi connectivity index (χ1n) is 10.1. The van der Waals surface area contributed by atoms with Crippen molar-refractivity contribution in [2.75, 3.05) is 0 Å². The van der Waals surface area contributed by atoms with Gasteiger partial charge in [0.15, 0.2) is 5.78 Å². The third kappa shape index (κ3) is 2.19. The van der Waals surface area contributed by atoms with Gasteiger partial charge in [-0.3, -0.25) is 9.59 Å². The molecule has 0 radical (unpaired) electrons. The summed E-state index contributed by atoms with van der Waals surface area (Å²) in [5.74, 6) is -3.45. The van der Waals surface area contributed by atoms with E-state index in [9.17, 15) is 29.7 Å². The summed E-state index contributed by atoms with van der Waals surface area (Å²) in [7, 11) is 0. The summed E-state index contributed by atoms with van der Waals surface area (Å²) in [4.78, 5) is 35.9. The highest BCUT2D eigenvalue weighted by Crippen LogP contribution is 2.68. The molecule has 0 aliphatic heterocycles. The average molecular weight is 388 g/mol. The van der Waals surface area contributed by atoms with Crippen LogP contribution in [0.1, 0.15) is 46.5 Å². The summed E-state index contributed by atoms with van der Waals surface area (Å²) in [5, 5.41) is 31.9. The molecule has 0 saturated heterocycles. The van der Waals surface area contributed by atoms with Crippen molar-refractivity contribution < 1.29 is 29.7 Å². The molecular formula is C22H28O6. The maximum Gasteiger partial charge on any atom is 0.375 e. The van der Waals surface area contributed by atoms with Gasteiger partial charge in [0.05, 0.1) is 6.10 Å². The van der Waals surface area contributed by atoms with Crippen LogP contribution in [-0.2, 0) is 14.4 Å². The quantitative estimate of drug-likeness (QED) is 0.623. The number of carbonyl (C=O) groups is 3. The van der Waals surface area contributed by atoms with Crippen molar-refractivity contribution in [2.45, 2.75) is 58.2 Å². The lowest BCUT2D eigenvalue weighted by Crippen LogP contribution is -2.63. The van der Waals surface area contributed by atoms with Crippen molar-refractivity contribution in [2.24, 2.45) is 34.5 Å². The van der Waals surface area contributed by atoms with E-state index in [0.717, 1.165) is 18.4 Å². The zero-order chi connectivity index (χ0) is 20.6. The number of rotatable bonds is 2. The molecule has 0 aromatic rings. The summed E-state index contributed by atoms with van der Waals surface area (Å²) in [5.41, 5.74) is -2.37. The first kappa shape index (κ1) is 19.5. The van der Waals surface area contributed by atoms with Crippen LogP contribution in [0.5, 0.6) is 0 Å². The van der Waals surface area contributed by atoms with E-state index in [-0.39, 0.29) is 30.0 Å². The monoisotopic (exact) mass is 388 g/mol. The minimum absolute atomic E-state index is 0.0306. The summed E-state index contributed by atoms with van der Waals surface area (Å²) in [6.45, 7) is 5.56. The number of carboxylic acid groups (broad SMARTS) is 1. The molecule has 0 heterocycles. The first-order chi connectivity index (χ1) is 13.0. The average Bonchev–Trinajstić information content (AvgIpc) is 2.82. The number of hydrogen-bond donors (Lipinski definition) is 3. The fourth-order valence-corrected chi connectivity index (χ4v) is 7.31. The van der Waals surface area contributed by atoms with Crippen molar-refractivity contribution in [1.29, 1.82) is 0 Å². The highest BCUT2D eigenvalue weighted by atomic mass is 16.4. The molecule has 28 heavy (non-hydrogen) atoms. The smallest absolute Gasteiger partial charge is 0.375 e. The van der Waals surface area contributed by atoms with Crippen LogP contribution in [0.25, 0.3) is 0 Å². The summed E-state index contributed by atoms with van der Waals surface area (Å²) in [6, 6.07) is 0. The van der Waals surface area contributed by atoms with Crippen molar-refractivity contribution in [3.63, 3.8) is 0 Å². The minimum Gasteiger partial charge on any atom is -0.475 e. The Kier molecular flexibility index (Phi) is 4.09. The van der Waals surface area contributed by atoms with Crippen LogP contribution in [0.15, 0.2) is 23.8 Å². The summed E-state index contributed by atoms with van der Waals surface area (Å²) < 4.78 is 0. The van der Waals surface area contributed by atoms with Crippen molar-refractivity contribution in [1.82, 2.24) is 0 Å². The summed E-state index contributed by atoms with van der Waals surface area (Å²) >= 11 is 0. The number of aliphatic hydroxyl groups excluding tert-OH is 1. The molecule has 152 valence electrons. The third-order valence-electron chi connectivity index (χ3n) is 8.62. The zero-order valence-electron chi connectivity index (χ0n) is 16.5. The zero-order valence-corrected chi connectivity index (χ0v) is 16.5. The van der Waals surface area contributed by atoms with E-state index in [1.807, 2.05) is 6.08 Å². The Morgan fingerprint density at radius 2 is 1.93 bits per heavy atom. The fraction of sp³-hybridized carbons (Fsp3) is 0.682. The van der Waals surface area contributed by atoms with E-state index in [0.29, 0.717) is 6.42 Å². The number of fused-ring (bicyclic) bond motifs is 5. The number of carboxylic acids is 1. The van der Waals surface area contributed by atoms with Gasteiger partial charge in [0.2, 0.25) is 0 Å². The van der Waals surface area contributed by atoms with Gasteiger partial charge in [-0.25, -0.2) is 4.79 Å². The van der Waals surface area contributed by atoms with E-state index in [1.54, 1.807) is 26.0 Å². The van der Waals surface area contributed by atoms with Crippen LogP contribution >= 0.6 is 0 Å². The van der Waals surface area contributed by atoms with Gasteiger partial charge in [-0.05, 0) is 55.6 Å². The standard InChI is InChI=1S/C22H28O6/c1-11-8-15-14-5-4-12-9-13(23)6-7-20(12,2)17(14)16(24)10-21(15,3)22(11,28)18(25)19(26)27/h6-7,9,11,14-17,24,28H,4-5,8,10H2,1-3H3,(H,26,27)/t11?,14-,15-,16?,17+,20-,21-,22-/m0/s1. The predicted octanol–water partition coefficient (Wildman–Crippen LogP) is 1.90. The second-order valence-electron chi connectivity index (χ2n) is 9.75. The Morgan fingerprint density at radius 3 is 2.57 bits per heavy atom. The Labute approximate surface area is 164 Å². The van der Waals surface area contributed by atoms with Crippen LogP contribution in [0, 0.1) is 34.5 Å². The van der Waals surface area contributed by atoms with Gasteiger partial charge in [-0.2, -0.15) is 0 Å². The number of aliphatic hydroxyl groups is 2. The van der Waals surface area contributed by atoms with E-state index in [4.69, 9.17) is 0 Å². The molecule has 0 aromatic carbocycles. The van der Waals surface area contributed by atoms with Crippen molar-refractivity contribution in [3.8, 4) is 0 Å². The maximum absolute atomic E-state index is 12.5. The second kappa shape index (κ2) is 5.86. The molecule has 0 amide bonds. The molecule has 2 unspecified atom stereocenters. The van der Waals surface area contributed by atoms with E-state index in [1.165, 1.54) is 0 Å². The number of Topliss-reactive ketones (excluding diaryl/α,β-unsaturated/α-hetero) is 1. The van der Waals surface area contributed by atoms with Gasteiger partial charge in [-0.1, -0.05) is 32.4 Å². The minimum atomic E-state index is -1.98. The number of hydrogen-bond acceptors (Lipinski definition) is 5. The summed E-state index contributed by atoms with van der Waals surface area (Å²) in [6.07, 6.45) is 6.56. The molecule has 6 heteroatoms. The SMILES string of the molecule is CC1C[C@H]2[C@@H]3CCC4=CC(=O)C=C[C@]4(C)[C@H]3C(O)C[C@]2(C)[C@@]1(O)C(=O)C(=O)O. The van der Waals surface area contributed by atoms with Crippen LogP contribution in [0.4, 0.5) is 0 Å². The maximum atomic E-state index is 12.5.